The Labute approximate surface area is 218 Å². The van der Waals surface area contributed by atoms with E-state index < -0.39 is 47.9 Å². The maximum atomic E-state index is 13.2. The monoisotopic (exact) mass is 524 g/mol. The highest BCUT2D eigenvalue weighted by Crippen LogP contribution is 2.09. The molecule has 0 bridgehead atoms. The third-order valence-electron chi connectivity index (χ3n) is 5.82. The van der Waals surface area contributed by atoms with Crippen molar-refractivity contribution >= 4 is 23.7 Å². The lowest BCUT2D eigenvalue weighted by Crippen LogP contribution is -2.57. The van der Waals surface area contributed by atoms with Gasteiger partial charge in [-0.3, -0.25) is 14.4 Å². The Hall–Kier alpha value is -3.03. The summed E-state index contributed by atoms with van der Waals surface area (Å²) in [6.07, 6.45) is 6.53. The standard InChI is InChI=1S/C24H44N8O5/c1-15(2)11-19(31-21(33)17(27)7-3-5-9-25)23(35)30-18(8-4-6-10-26)22(34)32-20(24(36)37)12-16-13-28-14-29-16/h13-15,17-20H,3-12,25-27H2,1-2H3,(H,28,29)(H,30,35)(H,31,33)(H,32,34)(H,36,37). The number of aromatic amines is 1. The van der Waals surface area contributed by atoms with Gasteiger partial charge in [0.2, 0.25) is 17.7 Å². The van der Waals surface area contributed by atoms with E-state index in [1.807, 2.05) is 13.8 Å². The number of carbonyl (C=O) groups excluding carboxylic acids is 3. The third kappa shape index (κ3) is 12.7. The van der Waals surface area contributed by atoms with Gasteiger partial charge >= 0.3 is 5.97 Å². The van der Waals surface area contributed by atoms with E-state index in [1.54, 1.807) is 0 Å². The van der Waals surface area contributed by atoms with E-state index in [0.717, 1.165) is 6.42 Å². The lowest BCUT2D eigenvalue weighted by Gasteiger charge is -2.26. The van der Waals surface area contributed by atoms with Crippen LogP contribution in [0.2, 0.25) is 0 Å². The Kier molecular flexibility index (Phi) is 15.1. The van der Waals surface area contributed by atoms with Crippen molar-refractivity contribution in [3.63, 3.8) is 0 Å². The smallest absolute Gasteiger partial charge is 0.326 e. The number of carboxylic acid groups (broad SMARTS) is 1. The number of hydrogen-bond donors (Lipinski definition) is 8. The zero-order valence-electron chi connectivity index (χ0n) is 21.9. The molecule has 1 rings (SSSR count). The van der Waals surface area contributed by atoms with Gasteiger partial charge in [0.1, 0.15) is 18.1 Å². The van der Waals surface area contributed by atoms with Crippen LogP contribution in [0.4, 0.5) is 0 Å². The number of hydrogen-bond acceptors (Lipinski definition) is 8. The van der Waals surface area contributed by atoms with Gasteiger partial charge in [0.15, 0.2) is 0 Å². The van der Waals surface area contributed by atoms with Gasteiger partial charge in [-0.2, -0.15) is 0 Å². The summed E-state index contributed by atoms with van der Waals surface area (Å²) in [6, 6.07) is -3.92. The second-order valence-corrected chi connectivity index (χ2v) is 9.61. The molecular formula is C24H44N8O5. The summed E-state index contributed by atoms with van der Waals surface area (Å²) in [4.78, 5) is 57.3. The highest BCUT2D eigenvalue weighted by Gasteiger charge is 2.30. The van der Waals surface area contributed by atoms with Gasteiger partial charge in [-0.25, -0.2) is 9.78 Å². The van der Waals surface area contributed by atoms with E-state index in [0.29, 0.717) is 50.9 Å². The Bertz CT molecular complexity index is 833. The Morgan fingerprint density at radius 3 is 2.00 bits per heavy atom. The summed E-state index contributed by atoms with van der Waals surface area (Å²) in [7, 11) is 0. The SMILES string of the molecule is CC(C)CC(NC(=O)C(N)CCCCN)C(=O)NC(CCCCN)C(=O)NC(Cc1cnc[nH]1)C(=O)O. The molecule has 0 saturated heterocycles. The zero-order valence-corrected chi connectivity index (χ0v) is 21.9. The average Bonchev–Trinajstić information content (AvgIpc) is 3.35. The highest BCUT2D eigenvalue weighted by atomic mass is 16.4. The van der Waals surface area contributed by atoms with Crippen LogP contribution >= 0.6 is 0 Å². The van der Waals surface area contributed by atoms with Crippen LogP contribution in [0.25, 0.3) is 0 Å². The maximum Gasteiger partial charge on any atom is 0.326 e. The quantitative estimate of drug-likeness (QED) is 0.105. The molecule has 0 aliphatic carbocycles. The first kappa shape index (κ1) is 32.0. The summed E-state index contributed by atoms with van der Waals surface area (Å²) in [5.74, 6) is -2.77. The second-order valence-electron chi connectivity index (χ2n) is 9.61. The lowest BCUT2D eigenvalue weighted by atomic mass is 10.0. The number of nitrogens with one attached hydrogen (secondary N) is 4. The zero-order chi connectivity index (χ0) is 27.8. The first-order valence-corrected chi connectivity index (χ1v) is 12.9. The molecule has 4 atom stereocenters. The summed E-state index contributed by atoms with van der Waals surface area (Å²) < 4.78 is 0. The summed E-state index contributed by atoms with van der Waals surface area (Å²) in [6.45, 7) is 4.73. The maximum absolute atomic E-state index is 13.2. The highest BCUT2D eigenvalue weighted by molar-refractivity contribution is 5.94. The topological polar surface area (TPSA) is 231 Å². The minimum atomic E-state index is -1.22. The van der Waals surface area contributed by atoms with Crippen LogP contribution in [0.5, 0.6) is 0 Å². The van der Waals surface area contributed by atoms with Crippen LogP contribution in [0.15, 0.2) is 12.5 Å². The molecule has 4 unspecified atom stereocenters. The molecular weight excluding hydrogens is 480 g/mol. The van der Waals surface area contributed by atoms with Crippen molar-refractivity contribution in [2.24, 2.45) is 23.1 Å². The Balaban J connectivity index is 2.94. The van der Waals surface area contributed by atoms with Gasteiger partial charge in [0.05, 0.1) is 12.4 Å². The number of unbranched alkanes of at least 4 members (excludes halogenated alkanes) is 2. The first-order valence-electron chi connectivity index (χ1n) is 12.9. The van der Waals surface area contributed by atoms with Crippen LogP contribution in [0, 0.1) is 5.92 Å². The van der Waals surface area contributed by atoms with E-state index in [1.165, 1.54) is 12.5 Å². The normalized spacial score (nSPS) is 14.4. The minimum Gasteiger partial charge on any atom is -0.480 e. The van der Waals surface area contributed by atoms with Crippen molar-refractivity contribution in [3.05, 3.63) is 18.2 Å². The molecule has 0 fully saturated rings. The molecule has 0 aromatic carbocycles. The second kappa shape index (κ2) is 17.4. The van der Waals surface area contributed by atoms with Crippen molar-refractivity contribution in [3.8, 4) is 0 Å². The van der Waals surface area contributed by atoms with Gasteiger partial charge in [0, 0.05) is 18.3 Å². The molecule has 1 heterocycles. The molecule has 13 heteroatoms. The molecule has 3 amide bonds. The van der Waals surface area contributed by atoms with Crippen molar-refractivity contribution in [2.45, 2.75) is 89.4 Å². The molecule has 0 spiro atoms. The van der Waals surface area contributed by atoms with Crippen LogP contribution in [0.3, 0.4) is 0 Å². The summed E-state index contributed by atoms with van der Waals surface area (Å²) >= 11 is 0. The number of aromatic nitrogens is 2. The summed E-state index contributed by atoms with van der Waals surface area (Å²) in [5.41, 5.74) is 17.6. The largest absolute Gasteiger partial charge is 0.480 e. The fraction of sp³-hybridized carbons (Fsp3) is 0.708. The van der Waals surface area contributed by atoms with Gasteiger partial charge in [-0.05, 0) is 57.5 Å². The fourth-order valence-electron chi connectivity index (χ4n) is 3.74. The summed E-state index contributed by atoms with van der Waals surface area (Å²) in [5, 5.41) is 17.5. The number of rotatable bonds is 19. The van der Waals surface area contributed by atoms with E-state index in [2.05, 4.69) is 25.9 Å². The molecule has 0 aliphatic heterocycles. The first-order chi connectivity index (χ1) is 17.6. The van der Waals surface area contributed by atoms with Crippen molar-refractivity contribution < 1.29 is 24.3 Å². The Morgan fingerprint density at radius 1 is 0.892 bits per heavy atom. The molecule has 13 nitrogen and oxygen atoms in total. The number of carboxylic acids is 1. The molecule has 0 saturated carbocycles. The lowest BCUT2D eigenvalue weighted by molar-refractivity contribution is -0.142. The van der Waals surface area contributed by atoms with Gasteiger partial charge in [-0.1, -0.05) is 20.3 Å². The number of nitrogens with two attached hydrogens (primary N) is 3. The number of carbonyl (C=O) groups is 4. The van der Waals surface area contributed by atoms with Crippen molar-refractivity contribution in [2.75, 3.05) is 13.1 Å². The van der Waals surface area contributed by atoms with Crippen LogP contribution in [-0.4, -0.2) is 76.0 Å². The predicted molar refractivity (Wildman–Crippen MR) is 139 cm³/mol. The molecule has 210 valence electrons. The van der Waals surface area contributed by atoms with E-state index in [9.17, 15) is 24.3 Å². The number of imidazole rings is 1. The fourth-order valence-corrected chi connectivity index (χ4v) is 3.74. The molecule has 0 aliphatic rings. The number of aliphatic carboxylic acids is 1. The number of H-pyrrole nitrogens is 1. The molecule has 0 radical (unpaired) electrons. The van der Waals surface area contributed by atoms with Crippen LogP contribution in [0.1, 0.15) is 64.5 Å². The van der Waals surface area contributed by atoms with Gasteiger partial charge in [-0.15, -0.1) is 0 Å². The minimum absolute atomic E-state index is 0.00137. The van der Waals surface area contributed by atoms with E-state index in [4.69, 9.17) is 17.2 Å². The third-order valence-corrected chi connectivity index (χ3v) is 5.82. The van der Waals surface area contributed by atoms with E-state index in [-0.39, 0.29) is 18.8 Å². The van der Waals surface area contributed by atoms with Crippen molar-refractivity contribution in [1.29, 1.82) is 0 Å². The van der Waals surface area contributed by atoms with Gasteiger partial charge < -0.3 is 43.2 Å². The van der Waals surface area contributed by atoms with Crippen LogP contribution in [-0.2, 0) is 25.6 Å². The molecule has 1 aromatic heterocycles. The predicted octanol–water partition coefficient (Wildman–Crippen LogP) is -0.877. The Morgan fingerprint density at radius 2 is 1.46 bits per heavy atom. The average molecular weight is 525 g/mol. The molecule has 1 aromatic rings. The van der Waals surface area contributed by atoms with Gasteiger partial charge in [0.25, 0.3) is 0 Å². The molecule has 11 N–H and O–H groups in total. The van der Waals surface area contributed by atoms with E-state index >= 15 is 0 Å². The van der Waals surface area contributed by atoms with Crippen molar-refractivity contribution in [1.82, 2.24) is 25.9 Å². The molecule has 37 heavy (non-hydrogen) atoms. The van der Waals surface area contributed by atoms with Crippen LogP contribution < -0.4 is 33.2 Å². The number of amides is 3. The number of nitrogens with zero attached hydrogens (tertiary/aromatic N) is 1.